The summed E-state index contributed by atoms with van der Waals surface area (Å²) >= 11 is 0. The molecule has 0 aliphatic rings. The van der Waals surface area contributed by atoms with Crippen molar-refractivity contribution in [2.45, 2.75) is 157 Å². The van der Waals surface area contributed by atoms with E-state index in [1.165, 1.54) is 11.1 Å². The van der Waals surface area contributed by atoms with E-state index in [1.807, 2.05) is 38.0 Å². The minimum atomic E-state index is -2.42. The van der Waals surface area contributed by atoms with E-state index in [2.05, 4.69) is 253 Å². The minimum Gasteiger partial charge on any atom is -0.507 e. The molecule has 1 N–H and O–H groups in total. The van der Waals surface area contributed by atoms with Crippen LogP contribution >= 0.6 is 0 Å². The molecule has 3 heterocycles. The molecule has 0 saturated heterocycles. The van der Waals surface area contributed by atoms with Gasteiger partial charge < -0.3 is 9.67 Å². The number of hydrogen-bond acceptors (Lipinski definition) is 4. The fourth-order valence-corrected chi connectivity index (χ4v) is 11.7. The summed E-state index contributed by atoms with van der Waals surface area (Å²) in [5, 5.41) is 12.8. The van der Waals surface area contributed by atoms with Gasteiger partial charge in [0.05, 0.1) is 53.4 Å². The van der Waals surface area contributed by atoms with Crippen molar-refractivity contribution in [1.82, 2.24) is 24.1 Å². The zero-order valence-corrected chi connectivity index (χ0v) is 54.2. The molecular weight excluding hydrogens is 1190 g/mol. The third-order valence-corrected chi connectivity index (χ3v) is 16.4. The minimum absolute atomic E-state index is 0. The van der Waals surface area contributed by atoms with Gasteiger partial charge in [-0.2, -0.15) is 0 Å². The predicted octanol–water partition coefficient (Wildman–Crippen LogP) is 19.5. The normalized spacial score (nSPS) is 13.4. The Kier molecular flexibility index (Phi) is 14.8. The molecule has 8 heteroatoms. The van der Waals surface area contributed by atoms with Gasteiger partial charge in [-0.3, -0.25) is 14.5 Å². The first-order chi connectivity index (χ1) is 38.1. The van der Waals surface area contributed by atoms with Crippen LogP contribution in [0.25, 0.3) is 89.6 Å². The van der Waals surface area contributed by atoms with Crippen molar-refractivity contribution in [3.8, 4) is 73.3 Å². The van der Waals surface area contributed by atoms with E-state index in [-0.39, 0.29) is 53.9 Å². The first-order valence-corrected chi connectivity index (χ1v) is 31.9. The Labute approximate surface area is 501 Å². The molecule has 10 rings (SSSR count). The number of hydrogen-bond donors (Lipinski definition) is 1. The molecule has 81 heavy (non-hydrogen) atoms. The second-order valence-electron chi connectivity index (χ2n) is 28.2. The molecule has 0 saturated carbocycles. The zero-order valence-electron chi connectivity index (χ0n) is 52.9. The molecule has 10 aromatic rings. The number of benzene rings is 7. The van der Waals surface area contributed by atoms with Crippen LogP contribution in [-0.4, -0.2) is 37.3 Å². The van der Waals surface area contributed by atoms with E-state index in [4.69, 9.17) is 15.0 Å². The van der Waals surface area contributed by atoms with Crippen LogP contribution in [0.4, 0.5) is 0 Å². The third kappa shape index (κ3) is 11.9. The molecule has 420 valence electrons. The average Bonchev–Trinajstić information content (AvgIpc) is 4.21. The standard InChI is InChI=1S/C73H82N5OSi.Pt/c1-69(2,3)50-32-34-61(56(39-50)46-26-21-19-22-27-46)77-63-31-25-30-55(65(63)76-68(77)58-41-53(72(10,11)12)42-59(66(58)79)73(13,14)15)48-36-49(38-52(37-48)71(7,8)9)67-75-60-43-54(45-80(16,17)18)74-44-64(60)78(67)62-35-33-51(70(4,5)6)40-57(62)47-28-23-20-24-29-47;/h19-35,37-44,79H,45H2,1-18H3;/q-1;/i45D2;. The van der Waals surface area contributed by atoms with Gasteiger partial charge in [-0.15, -0.1) is 29.3 Å². The van der Waals surface area contributed by atoms with Crippen LogP contribution in [0.15, 0.2) is 152 Å². The predicted molar refractivity (Wildman–Crippen MR) is 342 cm³/mol. The van der Waals surface area contributed by atoms with E-state index >= 15 is 0 Å². The van der Waals surface area contributed by atoms with Crippen molar-refractivity contribution < 1.29 is 28.9 Å². The van der Waals surface area contributed by atoms with Crippen molar-refractivity contribution in [2.75, 3.05) is 0 Å². The Morgan fingerprint density at radius 3 is 1.48 bits per heavy atom. The Bertz CT molecular complexity index is 4080. The number of rotatable bonds is 9. The van der Waals surface area contributed by atoms with Gasteiger partial charge in [0.25, 0.3) is 0 Å². The summed E-state index contributed by atoms with van der Waals surface area (Å²) in [5.41, 5.74) is 17.1. The van der Waals surface area contributed by atoms with Crippen molar-refractivity contribution in [3.05, 3.63) is 191 Å². The molecule has 0 bridgehead atoms. The number of fused-ring (bicyclic) bond motifs is 2. The fraction of sp³-hybridized carbons (Fsp3) is 0.329. The van der Waals surface area contributed by atoms with Crippen LogP contribution in [0.2, 0.25) is 19.6 Å². The molecule has 7 aromatic carbocycles. The van der Waals surface area contributed by atoms with Gasteiger partial charge in [-0.05, 0) is 103 Å². The summed E-state index contributed by atoms with van der Waals surface area (Å²) in [6, 6.07) is 55.7. The van der Waals surface area contributed by atoms with Gasteiger partial charge in [0.1, 0.15) is 11.6 Å². The zero-order chi connectivity index (χ0) is 59.4. The van der Waals surface area contributed by atoms with Gasteiger partial charge in [0.15, 0.2) is 0 Å². The van der Waals surface area contributed by atoms with Crippen molar-refractivity contribution >= 4 is 30.1 Å². The number of pyridine rings is 1. The molecule has 0 fully saturated rings. The maximum Gasteiger partial charge on any atom is 0.148 e. The smallest absolute Gasteiger partial charge is 0.148 e. The SMILES string of the molecule is [2H]C([2H])(c1cc2nc(-c3[c-]c(-c4cccc5c4nc(-c4cc(C(C)(C)C)cc(C(C)(C)C)c4O)n5-c4ccc(C(C)(C)C)cc4-c4ccccc4)cc(C(C)(C)C)c3)n(-c3ccc(C(C)(C)C)cc3-c3ccccc3)c2cn1)[Si](C)(C)C.[Pt]. The van der Waals surface area contributed by atoms with Crippen LogP contribution in [0.1, 0.15) is 140 Å². The number of para-hydroxylation sites is 1. The van der Waals surface area contributed by atoms with Gasteiger partial charge in [-0.1, -0.05) is 226 Å². The van der Waals surface area contributed by atoms with E-state index in [0.717, 1.165) is 83.6 Å². The second kappa shape index (κ2) is 21.3. The van der Waals surface area contributed by atoms with Crippen LogP contribution in [0.5, 0.6) is 5.75 Å². The van der Waals surface area contributed by atoms with Crippen LogP contribution in [0, 0.1) is 6.07 Å². The molecule has 0 aliphatic heterocycles. The summed E-state index contributed by atoms with van der Waals surface area (Å²) < 4.78 is 23.3. The Morgan fingerprint density at radius 2 is 0.975 bits per heavy atom. The molecule has 0 aliphatic carbocycles. The molecule has 0 unspecified atom stereocenters. The monoisotopic (exact) mass is 1270 g/mol. The quantitative estimate of drug-likeness (QED) is 0.115. The number of imidazole rings is 2. The average molecular weight is 1270 g/mol. The molecule has 3 aromatic heterocycles. The molecular formula is C73H82N5OPtSi-. The van der Waals surface area contributed by atoms with Crippen LogP contribution < -0.4 is 0 Å². The first kappa shape index (κ1) is 56.2. The van der Waals surface area contributed by atoms with Crippen molar-refractivity contribution in [3.63, 3.8) is 0 Å². The molecule has 0 amide bonds. The van der Waals surface area contributed by atoms with Crippen LogP contribution in [0.3, 0.4) is 0 Å². The Morgan fingerprint density at radius 1 is 0.481 bits per heavy atom. The largest absolute Gasteiger partial charge is 0.507 e. The first-order valence-electron chi connectivity index (χ1n) is 29.4. The molecule has 0 atom stereocenters. The van der Waals surface area contributed by atoms with Crippen molar-refractivity contribution in [2.24, 2.45) is 0 Å². The molecule has 0 spiro atoms. The summed E-state index contributed by atoms with van der Waals surface area (Å²) in [7, 11) is -2.42. The molecule has 0 radical (unpaired) electrons. The maximum atomic E-state index is 12.8. The number of nitrogens with zero attached hydrogens (tertiary/aromatic N) is 5. The fourth-order valence-electron chi connectivity index (χ4n) is 10.8. The summed E-state index contributed by atoms with van der Waals surface area (Å²) in [6.07, 6.45) is 1.82. The van der Waals surface area contributed by atoms with Crippen LogP contribution in [-0.2, 0) is 54.1 Å². The topological polar surface area (TPSA) is 68.8 Å². The summed E-state index contributed by atoms with van der Waals surface area (Å²) in [4.78, 5) is 16.3. The number of phenols is 1. The third-order valence-electron chi connectivity index (χ3n) is 15.4. The van der Waals surface area contributed by atoms with E-state index in [0.29, 0.717) is 28.4 Å². The van der Waals surface area contributed by atoms with E-state index in [1.54, 1.807) is 0 Å². The van der Waals surface area contributed by atoms with Gasteiger partial charge in [0.2, 0.25) is 0 Å². The van der Waals surface area contributed by atoms with Gasteiger partial charge >= 0.3 is 0 Å². The Hall–Kier alpha value is -6.66. The van der Waals surface area contributed by atoms with Gasteiger partial charge in [-0.25, -0.2) is 4.98 Å². The second-order valence-corrected chi connectivity index (χ2v) is 33.0. The maximum absolute atomic E-state index is 12.8. The number of phenolic OH excluding ortho intramolecular Hbond substituents is 1. The summed E-state index contributed by atoms with van der Waals surface area (Å²) in [5.74, 6) is -0.0926. The van der Waals surface area contributed by atoms with Crippen molar-refractivity contribution in [1.29, 1.82) is 0 Å². The van der Waals surface area contributed by atoms with E-state index < -0.39 is 14.1 Å². The molecule has 6 nitrogen and oxygen atoms in total. The van der Waals surface area contributed by atoms with E-state index in [9.17, 15) is 7.85 Å². The summed E-state index contributed by atoms with van der Waals surface area (Å²) in [6.45, 7) is 39.5. The Balaban J connectivity index is 0.00000828. The number of aromatic hydroxyl groups is 1. The van der Waals surface area contributed by atoms with Gasteiger partial charge in [0, 0.05) is 51.9 Å². The number of aromatic nitrogens is 5.